The number of nitrogens with one attached hydrogen (secondary N) is 1. The van der Waals surface area contributed by atoms with Crippen molar-refractivity contribution in [1.82, 2.24) is 5.32 Å². The Morgan fingerprint density at radius 3 is 3.08 bits per heavy atom. The van der Waals surface area contributed by atoms with Crippen molar-refractivity contribution in [3.05, 3.63) is 10.4 Å². The van der Waals surface area contributed by atoms with Gasteiger partial charge in [0.25, 0.3) is 0 Å². The quantitative estimate of drug-likeness (QED) is 0.358. The number of hydrogen-bond donors (Lipinski definition) is 1. The van der Waals surface area contributed by atoms with Gasteiger partial charge in [-0.1, -0.05) is 18.0 Å². The van der Waals surface area contributed by atoms with Crippen LogP contribution < -0.4 is 5.32 Å². The van der Waals surface area contributed by atoms with Gasteiger partial charge in [-0.15, -0.1) is 0 Å². The number of nitrogens with zero attached hydrogens (tertiary/aromatic N) is 3. The molecule has 1 fully saturated rings. The van der Waals surface area contributed by atoms with Gasteiger partial charge in [-0.3, -0.25) is 4.79 Å². The minimum atomic E-state index is -0.490. The molecule has 1 aliphatic rings. The summed E-state index contributed by atoms with van der Waals surface area (Å²) in [7, 11) is 0. The summed E-state index contributed by atoms with van der Waals surface area (Å²) in [5.41, 5.74) is 8.18. The van der Waals surface area contributed by atoms with Gasteiger partial charge in [0.2, 0.25) is 5.91 Å². The summed E-state index contributed by atoms with van der Waals surface area (Å²) in [4.78, 5) is 13.8. The summed E-state index contributed by atoms with van der Waals surface area (Å²) >= 11 is 0. The predicted molar refractivity (Wildman–Crippen MR) is 44.4 cm³/mol. The summed E-state index contributed by atoms with van der Waals surface area (Å²) < 4.78 is 0. The molecule has 0 aromatic heterocycles. The van der Waals surface area contributed by atoms with E-state index in [1.165, 1.54) is 0 Å². The van der Waals surface area contributed by atoms with E-state index in [-0.39, 0.29) is 5.91 Å². The van der Waals surface area contributed by atoms with E-state index in [0.29, 0.717) is 13.0 Å². The Balaban J connectivity index is 2.54. The molecule has 0 radical (unpaired) electrons. The SMILES string of the molecule is [N-]=[N+]=NC1CCCCCNC1=O. The smallest absolute Gasteiger partial charge is 0.229 e. The molecule has 1 amide bonds. The fourth-order valence-corrected chi connectivity index (χ4v) is 1.27. The molecule has 0 aromatic carbocycles. The zero-order valence-corrected chi connectivity index (χ0v) is 6.86. The van der Waals surface area contributed by atoms with Crippen molar-refractivity contribution in [2.75, 3.05) is 6.54 Å². The Labute approximate surface area is 70.8 Å². The third kappa shape index (κ3) is 2.43. The van der Waals surface area contributed by atoms with Crippen LogP contribution in [0.15, 0.2) is 5.11 Å². The zero-order valence-electron chi connectivity index (χ0n) is 6.86. The highest BCUT2D eigenvalue weighted by Crippen LogP contribution is 2.09. The van der Waals surface area contributed by atoms with Gasteiger partial charge in [-0.05, 0) is 18.4 Å². The first-order valence-electron chi connectivity index (χ1n) is 4.16. The Bertz CT molecular complexity index is 209. The number of amides is 1. The number of carbonyl (C=O) groups excluding carboxylic acids is 1. The normalized spacial score (nSPS) is 24.7. The fraction of sp³-hybridized carbons (Fsp3) is 0.857. The molecule has 1 saturated heterocycles. The van der Waals surface area contributed by atoms with Crippen LogP contribution in [0.4, 0.5) is 0 Å². The molecular formula is C7H12N4O. The van der Waals surface area contributed by atoms with Crippen LogP contribution in [-0.4, -0.2) is 18.5 Å². The summed E-state index contributed by atoms with van der Waals surface area (Å²) in [6, 6.07) is -0.490. The second kappa shape index (κ2) is 4.62. The molecule has 1 unspecified atom stereocenters. The number of azide groups is 1. The maximum absolute atomic E-state index is 11.2. The van der Waals surface area contributed by atoms with Crippen molar-refractivity contribution < 1.29 is 4.79 Å². The van der Waals surface area contributed by atoms with Crippen molar-refractivity contribution in [3.63, 3.8) is 0 Å². The molecule has 1 N–H and O–H groups in total. The maximum atomic E-state index is 11.2. The van der Waals surface area contributed by atoms with Crippen LogP contribution in [0.1, 0.15) is 25.7 Å². The highest BCUT2D eigenvalue weighted by Gasteiger charge is 2.17. The molecule has 1 aliphatic heterocycles. The van der Waals surface area contributed by atoms with E-state index in [4.69, 9.17) is 5.53 Å². The minimum Gasteiger partial charge on any atom is -0.356 e. The topological polar surface area (TPSA) is 77.9 Å². The summed E-state index contributed by atoms with van der Waals surface area (Å²) in [5.74, 6) is -0.132. The average Bonchev–Trinajstić information content (AvgIpc) is 2.05. The van der Waals surface area contributed by atoms with Gasteiger partial charge in [-0.2, -0.15) is 0 Å². The van der Waals surface area contributed by atoms with Crippen molar-refractivity contribution >= 4 is 5.91 Å². The largest absolute Gasteiger partial charge is 0.356 e. The molecular weight excluding hydrogens is 156 g/mol. The van der Waals surface area contributed by atoms with E-state index in [0.717, 1.165) is 19.3 Å². The molecule has 66 valence electrons. The van der Waals surface area contributed by atoms with E-state index in [9.17, 15) is 4.79 Å². The van der Waals surface area contributed by atoms with Crippen molar-refractivity contribution in [3.8, 4) is 0 Å². The minimum absolute atomic E-state index is 0.132. The van der Waals surface area contributed by atoms with Crippen LogP contribution in [0, 0.1) is 0 Å². The molecule has 1 atom stereocenters. The standard InChI is InChI=1S/C7H12N4O/c8-11-10-6-4-2-1-3-5-9-7(6)12/h6H,1-5H2,(H,9,12). The summed E-state index contributed by atoms with van der Waals surface area (Å²) in [6.45, 7) is 0.705. The van der Waals surface area contributed by atoms with Crippen LogP contribution in [0.3, 0.4) is 0 Å². The van der Waals surface area contributed by atoms with E-state index in [1.54, 1.807) is 0 Å². The Morgan fingerprint density at radius 1 is 1.50 bits per heavy atom. The van der Waals surface area contributed by atoms with Crippen LogP contribution in [-0.2, 0) is 4.79 Å². The van der Waals surface area contributed by atoms with Gasteiger partial charge in [-0.25, -0.2) is 0 Å². The lowest BCUT2D eigenvalue weighted by Gasteiger charge is -2.14. The van der Waals surface area contributed by atoms with Crippen molar-refractivity contribution in [1.29, 1.82) is 0 Å². The second-order valence-electron chi connectivity index (χ2n) is 2.86. The number of hydrogen-bond acceptors (Lipinski definition) is 2. The molecule has 0 spiro atoms. The first kappa shape index (κ1) is 8.87. The molecule has 5 nitrogen and oxygen atoms in total. The molecule has 1 rings (SSSR count). The Morgan fingerprint density at radius 2 is 2.33 bits per heavy atom. The molecule has 0 saturated carbocycles. The average molecular weight is 168 g/mol. The monoisotopic (exact) mass is 168 g/mol. The first-order chi connectivity index (χ1) is 5.84. The summed E-state index contributed by atoms with van der Waals surface area (Å²) in [6.07, 6.45) is 3.76. The first-order valence-corrected chi connectivity index (χ1v) is 4.16. The number of rotatable bonds is 1. The summed E-state index contributed by atoms with van der Waals surface area (Å²) in [5, 5.41) is 6.15. The van der Waals surface area contributed by atoms with E-state index >= 15 is 0 Å². The Kier molecular flexibility index (Phi) is 3.41. The lowest BCUT2D eigenvalue weighted by atomic mass is 10.1. The van der Waals surface area contributed by atoms with E-state index in [1.807, 2.05) is 0 Å². The third-order valence-electron chi connectivity index (χ3n) is 1.95. The molecule has 0 aliphatic carbocycles. The predicted octanol–water partition coefficient (Wildman–Crippen LogP) is 1.36. The van der Waals surface area contributed by atoms with Crippen LogP contribution in [0.25, 0.3) is 10.4 Å². The molecule has 1 heterocycles. The second-order valence-corrected chi connectivity index (χ2v) is 2.86. The Hall–Kier alpha value is -1.22. The van der Waals surface area contributed by atoms with Crippen LogP contribution in [0.2, 0.25) is 0 Å². The number of carbonyl (C=O) groups is 1. The van der Waals surface area contributed by atoms with Gasteiger partial charge >= 0.3 is 0 Å². The van der Waals surface area contributed by atoms with Gasteiger partial charge < -0.3 is 5.32 Å². The molecule has 0 bridgehead atoms. The van der Waals surface area contributed by atoms with Crippen LogP contribution in [0.5, 0.6) is 0 Å². The zero-order chi connectivity index (χ0) is 8.81. The van der Waals surface area contributed by atoms with Gasteiger partial charge in [0.1, 0.15) is 6.04 Å². The van der Waals surface area contributed by atoms with Gasteiger partial charge in [0.05, 0.1) is 0 Å². The van der Waals surface area contributed by atoms with Crippen molar-refractivity contribution in [2.24, 2.45) is 5.11 Å². The highest BCUT2D eigenvalue weighted by molar-refractivity contribution is 5.81. The van der Waals surface area contributed by atoms with Gasteiger partial charge in [0.15, 0.2) is 0 Å². The van der Waals surface area contributed by atoms with E-state index in [2.05, 4.69) is 15.3 Å². The van der Waals surface area contributed by atoms with E-state index < -0.39 is 6.04 Å². The molecule has 5 heteroatoms. The van der Waals surface area contributed by atoms with Gasteiger partial charge in [0, 0.05) is 11.5 Å². The highest BCUT2D eigenvalue weighted by atomic mass is 16.2. The van der Waals surface area contributed by atoms with Crippen LogP contribution >= 0.6 is 0 Å². The molecule has 12 heavy (non-hydrogen) atoms. The van der Waals surface area contributed by atoms with Crippen molar-refractivity contribution in [2.45, 2.75) is 31.7 Å². The molecule has 0 aromatic rings. The maximum Gasteiger partial charge on any atom is 0.229 e. The fourth-order valence-electron chi connectivity index (χ4n) is 1.27. The third-order valence-corrected chi connectivity index (χ3v) is 1.95. The lowest BCUT2D eigenvalue weighted by Crippen LogP contribution is -2.35. The lowest BCUT2D eigenvalue weighted by molar-refractivity contribution is -0.122.